The maximum absolute atomic E-state index is 12.3. The molecule has 4 nitrogen and oxygen atoms in total. The summed E-state index contributed by atoms with van der Waals surface area (Å²) in [6.45, 7) is 8.98. The van der Waals surface area contributed by atoms with Gasteiger partial charge in [0.05, 0.1) is 17.1 Å². The summed E-state index contributed by atoms with van der Waals surface area (Å²) in [5.74, 6) is 0.0839. The monoisotopic (exact) mass is 322 g/mol. The fraction of sp³-hybridized carbons (Fsp3) is 0.706. The van der Waals surface area contributed by atoms with Crippen LogP contribution in [0.4, 0.5) is 0 Å². The number of thiophene rings is 1. The van der Waals surface area contributed by atoms with Crippen LogP contribution in [-0.4, -0.2) is 48.7 Å². The Balaban J connectivity index is 1.51. The molecule has 0 aromatic carbocycles. The van der Waals surface area contributed by atoms with Crippen LogP contribution < -0.4 is 5.32 Å². The van der Waals surface area contributed by atoms with E-state index in [2.05, 4.69) is 37.1 Å². The van der Waals surface area contributed by atoms with Crippen molar-refractivity contribution in [1.29, 1.82) is 0 Å². The lowest BCUT2D eigenvalue weighted by Crippen LogP contribution is -2.52. The zero-order chi connectivity index (χ0) is 15.7. The minimum atomic E-state index is 0.0839. The lowest BCUT2D eigenvalue weighted by molar-refractivity contribution is -0.0778. The van der Waals surface area contributed by atoms with Crippen LogP contribution in [0.3, 0.4) is 0 Å². The van der Waals surface area contributed by atoms with Crippen molar-refractivity contribution >= 4 is 17.2 Å². The highest BCUT2D eigenvalue weighted by Crippen LogP contribution is 2.30. The average Bonchev–Trinajstić information content (AvgIpc) is 3.04. The van der Waals surface area contributed by atoms with Gasteiger partial charge in [-0.25, -0.2) is 0 Å². The summed E-state index contributed by atoms with van der Waals surface area (Å²) in [4.78, 5) is 17.0. The fourth-order valence-corrected chi connectivity index (χ4v) is 4.65. The van der Waals surface area contributed by atoms with E-state index in [-0.39, 0.29) is 18.1 Å². The van der Waals surface area contributed by atoms with E-state index in [9.17, 15) is 4.79 Å². The normalized spacial score (nSPS) is 26.7. The van der Waals surface area contributed by atoms with E-state index in [4.69, 9.17) is 4.74 Å². The maximum atomic E-state index is 12.3. The molecular weight excluding hydrogens is 296 g/mol. The van der Waals surface area contributed by atoms with Crippen molar-refractivity contribution in [2.45, 2.75) is 58.3 Å². The van der Waals surface area contributed by atoms with Crippen LogP contribution in [0.2, 0.25) is 0 Å². The molecule has 3 rings (SSSR count). The molecule has 0 saturated carbocycles. The zero-order valence-corrected chi connectivity index (χ0v) is 14.5. The number of nitrogens with zero attached hydrogens (tertiary/aromatic N) is 1. The smallest absolute Gasteiger partial charge is 0.261 e. The molecule has 122 valence electrons. The van der Waals surface area contributed by atoms with E-state index >= 15 is 0 Å². The number of nitrogens with one attached hydrogen (secondary N) is 1. The summed E-state index contributed by atoms with van der Waals surface area (Å²) in [6, 6.07) is 2.43. The second-order valence-electron chi connectivity index (χ2n) is 6.68. The van der Waals surface area contributed by atoms with Gasteiger partial charge in [-0.3, -0.25) is 9.69 Å². The molecule has 2 aliphatic rings. The third kappa shape index (κ3) is 3.53. The second kappa shape index (κ2) is 6.69. The quantitative estimate of drug-likeness (QED) is 0.926. The van der Waals surface area contributed by atoms with Gasteiger partial charge in [-0.15, -0.1) is 11.3 Å². The van der Waals surface area contributed by atoms with Gasteiger partial charge in [-0.05, 0) is 51.7 Å². The van der Waals surface area contributed by atoms with E-state index in [0.29, 0.717) is 12.6 Å². The van der Waals surface area contributed by atoms with Gasteiger partial charge in [-0.1, -0.05) is 0 Å². The molecule has 22 heavy (non-hydrogen) atoms. The van der Waals surface area contributed by atoms with Crippen LogP contribution in [0, 0.1) is 0 Å². The summed E-state index contributed by atoms with van der Waals surface area (Å²) >= 11 is 1.67. The predicted octanol–water partition coefficient (Wildman–Crippen LogP) is 2.46. The highest BCUT2D eigenvalue weighted by molar-refractivity contribution is 7.14. The molecule has 1 aliphatic heterocycles. The van der Waals surface area contributed by atoms with E-state index in [1.165, 1.54) is 16.9 Å². The molecule has 0 bridgehead atoms. The van der Waals surface area contributed by atoms with Crippen LogP contribution in [0.25, 0.3) is 0 Å². The van der Waals surface area contributed by atoms with Gasteiger partial charge in [0.1, 0.15) is 0 Å². The molecule has 2 heterocycles. The van der Waals surface area contributed by atoms with Crippen LogP contribution in [-0.2, 0) is 17.6 Å². The number of hydrogen-bond acceptors (Lipinski definition) is 4. The summed E-state index contributed by atoms with van der Waals surface area (Å²) in [7, 11) is 0. The molecule has 3 atom stereocenters. The van der Waals surface area contributed by atoms with Gasteiger partial charge in [0, 0.05) is 30.6 Å². The van der Waals surface area contributed by atoms with Crippen LogP contribution in [0.5, 0.6) is 0 Å². The number of carbonyl (C=O) groups is 1. The summed E-state index contributed by atoms with van der Waals surface area (Å²) in [5, 5.41) is 3.10. The van der Waals surface area contributed by atoms with E-state index in [0.717, 1.165) is 30.8 Å². The topological polar surface area (TPSA) is 41.6 Å². The Morgan fingerprint density at radius 2 is 2.14 bits per heavy atom. The summed E-state index contributed by atoms with van der Waals surface area (Å²) in [5.41, 5.74) is 1.39. The van der Waals surface area contributed by atoms with Crippen LogP contribution in [0.1, 0.15) is 47.3 Å². The molecule has 1 aromatic rings. The van der Waals surface area contributed by atoms with Gasteiger partial charge in [0.15, 0.2) is 0 Å². The number of carbonyl (C=O) groups excluding carboxylic acids is 1. The van der Waals surface area contributed by atoms with Crippen molar-refractivity contribution in [3.63, 3.8) is 0 Å². The van der Waals surface area contributed by atoms with Crippen molar-refractivity contribution in [2.24, 2.45) is 0 Å². The first kappa shape index (κ1) is 16.0. The molecule has 1 aromatic heterocycles. The standard InChI is InChI=1S/C17H26N2O2S/c1-11(19-9-12(2)21-13(3)10-19)8-18-17(20)16-7-14-5-4-6-15(14)22-16/h7,11-13H,4-6,8-10H2,1-3H3,(H,18,20)/t11-,12+,13+/m0/s1. The molecule has 1 N–H and O–H groups in total. The van der Waals surface area contributed by atoms with E-state index in [1.807, 2.05) is 0 Å². The minimum absolute atomic E-state index is 0.0839. The highest BCUT2D eigenvalue weighted by atomic mass is 32.1. The number of hydrogen-bond donors (Lipinski definition) is 1. The van der Waals surface area contributed by atoms with Gasteiger partial charge in [0.25, 0.3) is 5.91 Å². The molecule has 5 heteroatoms. The predicted molar refractivity (Wildman–Crippen MR) is 89.7 cm³/mol. The number of rotatable bonds is 4. The highest BCUT2D eigenvalue weighted by Gasteiger charge is 2.26. The summed E-state index contributed by atoms with van der Waals surface area (Å²) in [6.07, 6.45) is 4.06. The Hall–Kier alpha value is -0.910. The van der Waals surface area contributed by atoms with Gasteiger partial charge < -0.3 is 10.1 Å². The third-order valence-electron chi connectivity index (χ3n) is 4.60. The number of aryl methyl sites for hydroxylation is 2. The van der Waals surface area contributed by atoms with Crippen molar-refractivity contribution in [3.05, 3.63) is 21.4 Å². The largest absolute Gasteiger partial charge is 0.373 e. The molecular formula is C17H26N2O2S. The van der Waals surface area contributed by atoms with E-state index < -0.39 is 0 Å². The van der Waals surface area contributed by atoms with Crippen molar-refractivity contribution in [3.8, 4) is 0 Å². The van der Waals surface area contributed by atoms with E-state index in [1.54, 1.807) is 11.3 Å². The SMILES string of the molecule is C[C@@H]1CN([C@@H](C)CNC(=O)c2cc3c(s2)CCC3)C[C@@H](C)O1. The van der Waals surface area contributed by atoms with Gasteiger partial charge in [-0.2, -0.15) is 0 Å². The third-order valence-corrected chi connectivity index (χ3v) is 5.84. The zero-order valence-electron chi connectivity index (χ0n) is 13.7. The molecule has 0 radical (unpaired) electrons. The number of ether oxygens (including phenoxy) is 1. The van der Waals surface area contributed by atoms with Crippen LogP contribution in [0.15, 0.2) is 6.07 Å². The number of morpholine rings is 1. The Morgan fingerprint density at radius 1 is 1.41 bits per heavy atom. The van der Waals surface area contributed by atoms with Gasteiger partial charge >= 0.3 is 0 Å². The lowest BCUT2D eigenvalue weighted by Gasteiger charge is -2.38. The average molecular weight is 322 g/mol. The molecule has 1 aliphatic carbocycles. The van der Waals surface area contributed by atoms with Gasteiger partial charge in [0.2, 0.25) is 0 Å². The molecule has 0 unspecified atom stereocenters. The lowest BCUT2D eigenvalue weighted by atomic mass is 10.1. The molecule has 1 fully saturated rings. The maximum Gasteiger partial charge on any atom is 0.261 e. The first-order chi connectivity index (χ1) is 10.5. The Bertz CT molecular complexity index is 511. The second-order valence-corrected chi connectivity index (χ2v) is 7.82. The minimum Gasteiger partial charge on any atom is -0.373 e. The van der Waals surface area contributed by atoms with Crippen molar-refractivity contribution in [1.82, 2.24) is 10.2 Å². The molecule has 0 spiro atoms. The van der Waals surface area contributed by atoms with Crippen molar-refractivity contribution < 1.29 is 9.53 Å². The Kier molecular flexibility index (Phi) is 4.85. The first-order valence-corrected chi connectivity index (χ1v) is 9.14. The Labute approximate surface area is 136 Å². The molecule has 1 saturated heterocycles. The van der Waals surface area contributed by atoms with Crippen molar-refractivity contribution in [2.75, 3.05) is 19.6 Å². The number of fused-ring (bicyclic) bond motifs is 1. The van der Waals surface area contributed by atoms with Crippen LogP contribution >= 0.6 is 11.3 Å². The fourth-order valence-electron chi connectivity index (χ4n) is 3.48. The number of amides is 1. The molecule has 1 amide bonds. The first-order valence-electron chi connectivity index (χ1n) is 8.32. The summed E-state index contributed by atoms with van der Waals surface area (Å²) < 4.78 is 5.77. The Morgan fingerprint density at radius 3 is 2.82 bits per heavy atom.